The maximum Gasteiger partial charge on any atom is 0.228 e. The van der Waals surface area contributed by atoms with Crippen molar-refractivity contribution in [2.24, 2.45) is 0 Å². The van der Waals surface area contributed by atoms with Gasteiger partial charge in [-0.25, -0.2) is 4.98 Å². The van der Waals surface area contributed by atoms with E-state index in [1.807, 2.05) is 26.4 Å². The zero-order chi connectivity index (χ0) is 18.3. The average molecular weight is 366 g/mol. The Balaban J connectivity index is 0.000000515. The topological polar surface area (TPSA) is 84.3 Å². The first-order valence-electron chi connectivity index (χ1n) is 7.50. The first-order valence-corrected chi connectivity index (χ1v) is 10.7. The molecule has 0 bridgehead atoms. The van der Waals surface area contributed by atoms with Gasteiger partial charge in [0, 0.05) is 16.3 Å². The SMILES string of the molecule is CC(C)(C)S(C)(C)O.Cc1nsc(NC(=O)CCOC(C)C)n1. The van der Waals surface area contributed by atoms with Crippen molar-refractivity contribution in [2.45, 2.75) is 58.8 Å². The predicted octanol–water partition coefficient (Wildman–Crippen LogP) is 3.92. The number of amides is 1. The summed E-state index contributed by atoms with van der Waals surface area (Å²) in [5, 5.41) is 3.21. The van der Waals surface area contributed by atoms with E-state index in [1.54, 1.807) is 6.92 Å². The molecule has 136 valence electrons. The second kappa shape index (κ2) is 9.56. The molecule has 0 saturated carbocycles. The summed E-state index contributed by atoms with van der Waals surface area (Å²) in [4.78, 5) is 15.4. The van der Waals surface area contributed by atoms with E-state index in [0.29, 0.717) is 24.0 Å². The lowest BCUT2D eigenvalue weighted by atomic mass is 10.3. The molecule has 0 aromatic carbocycles. The first-order chi connectivity index (χ1) is 10.3. The van der Waals surface area contributed by atoms with Crippen LogP contribution < -0.4 is 5.32 Å². The van der Waals surface area contributed by atoms with Crippen molar-refractivity contribution >= 4 is 32.9 Å². The van der Waals surface area contributed by atoms with Crippen LogP contribution in [0.3, 0.4) is 0 Å². The lowest BCUT2D eigenvalue weighted by molar-refractivity contribution is -0.117. The van der Waals surface area contributed by atoms with Crippen molar-refractivity contribution in [3.05, 3.63) is 5.82 Å². The minimum Gasteiger partial charge on any atom is -0.378 e. The molecular formula is C15H31N3O3S2. The van der Waals surface area contributed by atoms with Crippen LogP contribution in [0.2, 0.25) is 0 Å². The lowest BCUT2D eigenvalue weighted by Crippen LogP contribution is -2.21. The molecule has 8 heteroatoms. The van der Waals surface area contributed by atoms with Crippen LogP contribution in [-0.2, 0) is 9.53 Å². The van der Waals surface area contributed by atoms with Gasteiger partial charge in [0.05, 0.1) is 19.1 Å². The van der Waals surface area contributed by atoms with E-state index in [0.717, 1.165) is 0 Å². The number of anilines is 1. The number of rotatable bonds is 5. The number of aromatic nitrogens is 2. The van der Waals surface area contributed by atoms with E-state index in [4.69, 9.17) is 4.74 Å². The van der Waals surface area contributed by atoms with Crippen molar-refractivity contribution in [3.63, 3.8) is 0 Å². The van der Waals surface area contributed by atoms with Crippen LogP contribution >= 0.6 is 21.8 Å². The number of aryl methyl sites for hydroxylation is 1. The molecule has 1 amide bonds. The van der Waals surface area contributed by atoms with E-state index >= 15 is 0 Å². The highest BCUT2D eigenvalue weighted by Gasteiger charge is 2.24. The molecule has 6 nitrogen and oxygen atoms in total. The third-order valence-electron chi connectivity index (χ3n) is 3.05. The molecule has 1 aromatic heterocycles. The first kappa shape index (κ1) is 22.3. The fourth-order valence-corrected chi connectivity index (χ4v) is 1.51. The molecule has 0 atom stereocenters. The van der Waals surface area contributed by atoms with Crippen molar-refractivity contribution in [1.29, 1.82) is 0 Å². The fraction of sp³-hybridized carbons (Fsp3) is 0.800. The molecule has 1 heterocycles. The van der Waals surface area contributed by atoms with E-state index in [1.165, 1.54) is 11.5 Å². The quantitative estimate of drug-likeness (QED) is 0.826. The fourth-order valence-electron chi connectivity index (χ4n) is 0.917. The van der Waals surface area contributed by atoms with Crippen LogP contribution in [0.1, 0.15) is 46.9 Å². The maximum atomic E-state index is 11.4. The second-order valence-electron chi connectivity index (χ2n) is 6.75. The van der Waals surface area contributed by atoms with Gasteiger partial charge < -0.3 is 14.6 Å². The summed E-state index contributed by atoms with van der Waals surface area (Å²) >= 11 is 1.18. The average Bonchev–Trinajstić information content (AvgIpc) is 2.72. The highest BCUT2D eigenvalue weighted by Crippen LogP contribution is 2.48. The summed E-state index contributed by atoms with van der Waals surface area (Å²) in [6, 6.07) is 0. The minimum absolute atomic E-state index is 0.0764. The molecule has 23 heavy (non-hydrogen) atoms. The molecule has 0 spiro atoms. The van der Waals surface area contributed by atoms with E-state index < -0.39 is 10.3 Å². The smallest absolute Gasteiger partial charge is 0.228 e. The van der Waals surface area contributed by atoms with Gasteiger partial charge in [-0.3, -0.25) is 4.79 Å². The van der Waals surface area contributed by atoms with Crippen LogP contribution in [-0.4, -0.2) is 49.8 Å². The number of nitrogens with one attached hydrogen (secondary N) is 1. The van der Waals surface area contributed by atoms with Gasteiger partial charge in [0.1, 0.15) is 5.82 Å². The standard InChI is InChI=1S/C9H15N3O2S.C6H16OS/c1-6(2)14-5-4-8(13)11-9-10-7(3)12-15-9;1-6(2,3)8(4,5)7/h6H,4-5H2,1-3H3,(H,10,11,12,13);7H,1-5H3. The highest BCUT2D eigenvalue weighted by molar-refractivity contribution is 8.29. The number of nitrogens with zero attached hydrogens (tertiary/aromatic N) is 2. The number of carbonyl (C=O) groups is 1. The van der Waals surface area contributed by atoms with E-state index in [-0.39, 0.29) is 16.8 Å². The number of ether oxygens (including phenoxy) is 1. The maximum absolute atomic E-state index is 11.4. The Morgan fingerprint density at radius 3 is 2.26 bits per heavy atom. The Kier molecular flexibility index (Phi) is 9.27. The van der Waals surface area contributed by atoms with Crippen molar-refractivity contribution in [3.8, 4) is 0 Å². The molecule has 0 aliphatic heterocycles. The van der Waals surface area contributed by atoms with Gasteiger partial charge in [0.25, 0.3) is 0 Å². The van der Waals surface area contributed by atoms with Gasteiger partial charge >= 0.3 is 0 Å². The molecule has 1 rings (SSSR count). The van der Waals surface area contributed by atoms with Gasteiger partial charge in [-0.05, 0) is 33.3 Å². The summed E-state index contributed by atoms with van der Waals surface area (Å²) in [5.41, 5.74) is 0. The minimum atomic E-state index is -1.34. The molecule has 0 radical (unpaired) electrons. The molecule has 0 unspecified atom stereocenters. The molecule has 0 aliphatic rings. The zero-order valence-electron chi connectivity index (χ0n) is 15.5. The number of hydrogen-bond acceptors (Lipinski definition) is 6. The largest absolute Gasteiger partial charge is 0.378 e. The number of hydrogen-bond donors (Lipinski definition) is 2. The van der Waals surface area contributed by atoms with Crippen LogP contribution in [0.25, 0.3) is 0 Å². The van der Waals surface area contributed by atoms with Crippen molar-refractivity contribution in [2.75, 3.05) is 24.4 Å². The second-order valence-corrected chi connectivity index (χ2v) is 11.3. The molecule has 0 aliphatic carbocycles. The summed E-state index contributed by atoms with van der Waals surface area (Å²) in [7, 11) is -1.34. The molecule has 0 fully saturated rings. The molecular weight excluding hydrogens is 334 g/mol. The zero-order valence-corrected chi connectivity index (χ0v) is 17.1. The van der Waals surface area contributed by atoms with E-state index in [2.05, 4.69) is 35.4 Å². The lowest BCUT2D eigenvalue weighted by Gasteiger charge is -2.38. The Bertz CT molecular complexity index is 465. The summed E-state index contributed by atoms with van der Waals surface area (Å²) in [6.07, 6.45) is 4.32. The van der Waals surface area contributed by atoms with Crippen LogP contribution in [0.15, 0.2) is 0 Å². The van der Waals surface area contributed by atoms with Crippen LogP contribution in [0.5, 0.6) is 0 Å². The van der Waals surface area contributed by atoms with Gasteiger partial charge in [0.15, 0.2) is 0 Å². The van der Waals surface area contributed by atoms with Crippen molar-refractivity contribution < 1.29 is 14.1 Å². The van der Waals surface area contributed by atoms with Crippen LogP contribution in [0.4, 0.5) is 5.13 Å². The Hall–Kier alpha value is -0.700. The Labute approximate surface area is 145 Å². The predicted molar refractivity (Wildman–Crippen MR) is 101 cm³/mol. The van der Waals surface area contributed by atoms with Gasteiger partial charge in [0.2, 0.25) is 11.0 Å². The summed E-state index contributed by atoms with van der Waals surface area (Å²) in [6.45, 7) is 12.3. The normalized spacial score (nSPS) is 12.6. The Morgan fingerprint density at radius 1 is 1.39 bits per heavy atom. The highest BCUT2D eigenvalue weighted by atomic mass is 32.3. The number of carbonyl (C=O) groups excluding carboxylic acids is 1. The molecule has 1 aromatic rings. The third kappa shape index (κ3) is 10.6. The van der Waals surface area contributed by atoms with Gasteiger partial charge in [-0.1, -0.05) is 20.8 Å². The van der Waals surface area contributed by atoms with Gasteiger partial charge in [-0.2, -0.15) is 4.37 Å². The Morgan fingerprint density at radius 2 is 1.91 bits per heavy atom. The van der Waals surface area contributed by atoms with Crippen molar-refractivity contribution in [1.82, 2.24) is 9.36 Å². The summed E-state index contributed by atoms with van der Waals surface area (Å²) < 4.78 is 18.7. The van der Waals surface area contributed by atoms with E-state index in [9.17, 15) is 9.35 Å². The van der Waals surface area contributed by atoms with Crippen LogP contribution in [0, 0.1) is 6.92 Å². The summed E-state index contributed by atoms with van der Waals surface area (Å²) in [5.74, 6) is 0.584. The monoisotopic (exact) mass is 365 g/mol. The molecule has 0 saturated heterocycles. The third-order valence-corrected chi connectivity index (χ3v) is 6.77. The van der Waals surface area contributed by atoms with Gasteiger partial charge in [-0.15, -0.1) is 10.3 Å². The molecule has 2 N–H and O–H groups in total.